The summed E-state index contributed by atoms with van der Waals surface area (Å²) in [5.41, 5.74) is 4.45. The lowest BCUT2D eigenvalue weighted by molar-refractivity contribution is -0.136. The van der Waals surface area contributed by atoms with Gasteiger partial charge >= 0.3 is 18.0 Å². The van der Waals surface area contributed by atoms with Gasteiger partial charge in [-0.2, -0.15) is 5.10 Å². The van der Waals surface area contributed by atoms with Crippen molar-refractivity contribution in [3.8, 4) is 23.0 Å². The van der Waals surface area contributed by atoms with Crippen LogP contribution < -0.4 is 35.0 Å². The minimum atomic E-state index is -1.18. The van der Waals surface area contributed by atoms with Crippen molar-refractivity contribution in [2.45, 2.75) is 40.0 Å². The SMILES string of the molecule is CCOc1cc([C@H]2NC(=O)NC(C)=C2C(=O)OC)ccc1OC[C@H](O)N/N=C/c1cc(I)c(OC(C)=O)c(OCC)c1. The number of aliphatic hydroxyl groups is 1. The first-order valence-electron chi connectivity index (χ1n) is 12.9. The number of urea groups is 1. The van der Waals surface area contributed by atoms with Gasteiger partial charge in [0.25, 0.3) is 0 Å². The third-order valence-corrected chi connectivity index (χ3v) is 6.49. The Hall–Kier alpha value is -4.05. The van der Waals surface area contributed by atoms with Gasteiger partial charge in [-0.3, -0.25) is 10.2 Å². The van der Waals surface area contributed by atoms with Crippen LogP contribution in [0.1, 0.15) is 44.9 Å². The molecule has 14 heteroatoms. The van der Waals surface area contributed by atoms with Crippen LogP contribution in [-0.4, -0.2) is 62.4 Å². The molecule has 2 aromatic rings. The van der Waals surface area contributed by atoms with Crippen molar-refractivity contribution >= 4 is 46.8 Å². The first-order chi connectivity index (χ1) is 20.1. The third-order valence-electron chi connectivity index (χ3n) is 5.69. The Morgan fingerprint density at radius 3 is 2.50 bits per heavy atom. The molecule has 0 bridgehead atoms. The second-order valence-electron chi connectivity index (χ2n) is 8.77. The van der Waals surface area contributed by atoms with Gasteiger partial charge in [0.15, 0.2) is 29.2 Å². The number of hydrogen-bond donors (Lipinski definition) is 4. The topological polar surface area (TPSA) is 166 Å². The van der Waals surface area contributed by atoms with E-state index in [1.807, 2.05) is 29.5 Å². The first-order valence-corrected chi connectivity index (χ1v) is 14.0. The number of allylic oxidation sites excluding steroid dienone is 1. The largest absolute Gasteiger partial charge is 0.490 e. The molecule has 0 saturated heterocycles. The molecule has 0 saturated carbocycles. The van der Waals surface area contributed by atoms with E-state index in [4.69, 9.17) is 23.7 Å². The van der Waals surface area contributed by atoms with Crippen molar-refractivity contribution in [3.63, 3.8) is 0 Å². The van der Waals surface area contributed by atoms with Crippen LogP contribution in [-0.2, 0) is 14.3 Å². The maximum absolute atomic E-state index is 12.4. The molecular weight excluding hydrogens is 663 g/mol. The van der Waals surface area contributed by atoms with Gasteiger partial charge in [-0.15, -0.1) is 0 Å². The standard InChI is InChI=1S/C28H33IN4O9/c1-6-39-21-12-18(25-24(27(36)38-5)15(3)31-28(37)32-25)8-9-20(21)41-14-23(35)33-30-13-17-10-19(29)26(42-16(4)34)22(11-17)40-7-2/h8-13,23,25,33,35H,6-7,14H2,1-5H3,(H2,31,32,37)/b30-13+/t23-,25+/m0/s1. The zero-order valence-corrected chi connectivity index (χ0v) is 25.9. The summed E-state index contributed by atoms with van der Waals surface area (Å²) in [5, 5.41) is 19.8. The van der Waals surface area contributed by atoms with E-state index in [-0.39, 0.29) is 12.2 Å². The highest BCUT2D eigenvalue weighted by Gasteiger charge is 2.32. The number of hydrazone groups is 1. The van der Waals surface area contributed by atoms with E-state index in [0.29, 0.717) is 56.6 Å². The van der Waals surface area contributed by atoms with Gasteiger partial charge < -0.3 is 39.4 Å². The number of rotatable bonds is 13. The lowest BCUT2D eigenvalue weighted by Gasteiger charge is -2.28. The number of carbonyl (C=O) groups excluding carboxylic acids is 3. The van der Waals surface area contributed by atoms with Gasteiger partial charge in [-0.25, -0.2) is 9.59 Å². The van der Waals surface area contributed by atoms with Gasteiger partial charge in [0.1, 0.15) is 6.61 Å². The van der Waals surface area contributed by atoms with E-state index < -0.39 is 30.2 Å². The minimum absolute atomic E-state index is 0.180. The van der Waals surface area contributed by atoms with Crippen LogP contribution in [0, 0.1) is 3.57 Å². The molecule has 0 radical (unpaired) electrons. The van der Waals surface area contributed by atoms with E-state index in [9.17, 15) is 19.5 Å². The molecule has 2 aromatic carbocycles. The van der Waals surface area contributed by atoms with E-state index >= 15 is 0 Å². The Morgan fingerprint density at radius 1 is 1.12 bits per heavy atom. The van der Waals surface area contributed by atoms with Crippen LogP contribution in [0.15, 0.2) is 46.7 Å². The number of amides is 2. The molecule has 42 heavy (non-hydrogen) atoms. The average Bonchev–Trinajstić information content (AvgIpc) is 2.93. The molecule has 1 aliphatic rings. The van der Waals surface area contributed by atoms with Crippen LogP contribution in [0.5, 0.6) is 23.0 Å². The number of carbonyl (C=O) groups is 3. The Labute approximate surface area is 256 Å². The highest BCUT2D eigenvalue weighted by molar-refractivity contribution is 14.1. The Balaban J connectivity index is 1.70. The molecule has 0 spiro atoms. The number of nitrogens with zero attached hydrogens (tertiary/aromatic N) is 1. The van der Waals surface area contributed by atoms with Crippen LogP contribution in [0.25, 0.3) is 0 Å². The summed E-state index contributed by atoms with van der Waals surface area (Å²) in [5.74, 6) is 0.370. The van der Waals surface area contributed by atoms with E-state index in [0.717, 1.165) is 0 Å². The average molecular weight is 696 g/mol. The normalized spacial score (nSPS) is 15.4. The maximum Gasteiger partial charge on any atom is 0.337 e. The molecule has 0 aliphatic carbocycles. The monoisotopic (exact) mass is 696 g/mol. The summed E-state index contributed by atoms with van der Waals surface area (Å²) in [7, 11) is 1.27. The summed E-state index contributed by atoms with van der Waals surface area (Å²) in [4.78, 5) is 36.0. The zero-order chi connectivity index (χ0) is 30.8. The van der Waals surface area contributed by atoms with Gasteiger partial charge in [-0.1, -0.05) is 6.07 Å². The first kappa shape index (κ1) is 32.5. The molecule has 0 aromatic heterocycles. The lowest BCUT2D eigenvalue weighted by Crippen LogP contribution is -2.45. The summed E-state index contributed by atoms with van der Waals surface area (Å²) in [6.07, 6.45) is 0.300. The second kappa shape index (κ2) is 15.3. The second-order valence-corrected chi connectivity index (χ2v) is 9.93. The molecule has 3 rings (SSSR count). The number of halogens is 1. The lowest BCUT2D eigenvalue weighted by atomic mass is 9.95. The van der Waals surface area contributed by atoms with Gasteiger partial charge in [-0.05, 0) is 78.8 Å². The van der Waals surface area contributed by atoms with Crippen molar-refractivity contribution < 1.29 is 43.2 Å². The molecule has 2 amide bonds. The van der Waals surface area contributed by atoms with Crippen LogP contribution >= 0.6 is 22.6 Å². The zero-order valence-electron chi connectivity index (χ0n) is 23.8. The van der Waals surface area contributed by atoms with Gasteiger partial charge in [0, 0.05) is 12.6 Å². The maximum atomic E-state index is 12.4. The molecule has 1 aliphatic heterocycles. The number of hydrogen-bond acceptors (Lipinski definition) is 11. The summed E-state index contributed by atoms with van der Waals surface area (Å²) < 4.78 is 27.9. The Bertz CT molecular complexity index is 1380. The fourth-order valence-corrected chi connectivity index (χ4v) is 4.72. The molecule has 0 fully saturated rings. The molecule has 226 valence electrons. The molecule has 0 unspecified atom stereocenters. The predicted molar refractivity (Wildman–Crippen MR) is 161 cm³/mol. The van der Waals surface area contributed by atoms with Gasteiger partial charge in [0.2, 0.25) is 0 Å². The number of aliphatic hydroxyl groups excluding tert-OH is 1. The van der Waals surface area contributed by atoms with E-state index in [2.05, 4.69) is 21.2 Å². The van der Waals surface area contributed by atoms with E-state index in [1.165, 1.54) is 20.2 Å². The summed E-state index contributed by atoms with van der Waals surface area (Å²) in [6.45, 7) is 7.06. The van der Waals surface area contributed by atoms with E-state index in [1.54, 1.807) is 44.2 Å². The third kappa shape index (κ3) is 8.48. The van der Waals surface area contributed by atoms with Crippen molar-refractivity contribution in [2.75, 3.05) is 26.9 Å². The highest BCUT2D eigenvalue weighted by atomic mass is 127. The van der Waals surface area contributed by atoms with Crippen LogP contribution in [0.3, 0.4) is 0 Å². The molecule has 4 N–H and O–H groups in total. The summed E-state index contributed by atoms with van der Waals surface area (Å²) in [6, 6.07) is 7.15. The fraction of sp³-hybridized carbons (Fsp3) is 0.357. The number of esters is 2. The quantitative estimate of drug-likeness (QED) is 0.0611. The Morgan fingerprint density at radius 2 is 1.83 bits per heavy atom. The molecule has 2 atom stereocenters. The number of benzene rings is 2. The molecule has 1 heterocycles. The number of nitrogens with one attached hydrogen (secondary N) is 3. The predicted octanol–water partition coefficient (Wildman–Crippen LogP) is 3.14. The van der Waals surface area contributed by atoms with Crippen LogP contribution in [0.4, 0.5) is 4.79 Å². The molecule has 13 nitrogen and oxygen atoms in total. The highest BCUT2D eigenvalue weighted by Crippen LogP contribution is 2.35. The van der Waals surface area contributed by atoms with Crippen molar-refractivity contribution in [2.24, 2.45) is 5.10 Å². The number of methoxy groups -OCH3 is 1. The van der Waals surface area contributed by atoms with Crippen molar-refractivity contribution in [3.05, 3.63) is 56.3 Å². The Kier molecular flexibility index (Phi) is 11.8. The van der Waals surface area contributed by atoms with Gasteiger partial charge in [0.05, 0.1) is 41.7 Å². The minimum Gasteiger partial charge on any atom is -0.490 e. The van der Waals surface area contributed by atoms with Crippen molar-refractivity contribution in [1.82, 2.24) is 16.1 Å². The smallest absolute Gasteiger partial charge is 0.337 e. The number of ether oxygens (including phenoxy) is 5. The van der Waals surface area contributed by atoms with Crippen molar-refractivity contribution in [1.29, 1.82) is 0 Å². The molecular formula is C28H33IN4O9. The van der Waals surface area contributed by atoms with Crippen LogP contribution in [0.2, 0.25) is 0 Å². The summed E-state index contributed by atoms with van der Waals surface area (Å²) >= 11 is 2.03. The fourth-order valence-electron chi connectivity index (χ4n) is 3.99.